The Hall–Kier alpha value is -6.58. The van der Waals surface area contributed by atoms with Crippen molar-refractivity contribution in [3.05, 3.63) is 156 Å². The van der Waals surface area contributed by atoms with Crippen molar-refractivity contribution in [1.82, 2.24) is 40.0 Å². The molecule has 0 spiro atoms. The summed E-state index contributed by atoms with van der Waals surface area (Å²) in [6.07, 6.45) is -0.150. The number of nitrogens with zero attached hydrogens (tertiary/aromatic N) is 5. The predicted octanol–water partition coefficient (Wildman–Crippen LogP) is 12.8. The van der Waals surface area contributed by atoms with E-state index < -0.39 is 53.1 Å². The number of amides is 3. The first-order valence-corrected chi connectivity index (χ1v) is 26.4. The quantitative estimate of drug-likeness (QED) is 0.0680. The Morgan fingerprint density at radius 2 is 0.961 bits per heavy atom. The number of carbonyl (C=O) groups excluding carboxylic acids is 3. The third kappa shape index (κ3) is 19.2. The lowest BCUT2D eigenvalue weighted by molar-refractivity contribution is -0.135. The van der Waals surface area contributed by atoms with Crippen LogP contribution in [0.3, 0.4) is 0 Å². The summed E-state index contributed by atoms with van der Waals surface area (Å²) in [6, 6.07) is 39.2. The van der Waals surface area contributed by atoms with Crippen LogP contribution in [-0.2, 0) is 27.4 Å². The fourth-order valence-corrected chi connectivity index (χ4v) is 8.59. The number of alkyl carbamates (subject to hydrolysis) is 2. The van der Waals surface area contributed by atoms with Crippen molar-refractivity contribution in [2.75, 3.05) is 32.1 Å². The molecule has 4 aromatic carbocycles. The molecular weight excluding hydrogens is 986 g/mol. The van der Waals surface area contributed by atoms with Gasteiger partial charge < -0.3 is 39.5 Å². The van der Waals surface area contributed by atoms with Gasteiger partial charge in [-0.1, -0.05) is 163 Å². The van der Waals surface area contributed by atoms with E-state index in [9.17, 15) is 18.8 Å². The Morgan fingerprint density at radius 3 is 1.36 bits per heavy atom. The molecule has 3 amide bonds. The zero-order chi connectivity index (χ0) is 55.8. The van der Waals surface area contributed by atoms with Crippen molar-refractivity contribution < 1.29 is 32.6 Å². The number of imidazole rings is 2. The third-order valence-corrected chi connectivity index (χ3v) is 12.0. The molecule has 0 bridgehead atoms. The SMILES string of the molecule is CC(C)(C)OC(=O)NC[C@@H](F)CN(C(=O)CCl)[C@@H](c1nc(-c2ccccc2)cn1Cc1ccccc1)C(C)(C)C.CC(C)(C)OC(=O)NC[C@@H](F)CN[C@@H](c1nc(-c2ccccc2)cn1Cc1ccccc1)C(C)(C)C. The van der Waals surface area contributed by atoms with Gasteiger partial charge in [0.05, 0.1) is 43.1 Å². The minimum Gasteiger partial charge on any atom is -0.444 e. The van der Waals surface area contributed by atoms with Crippen LogP contribution in [0.5, 0.6) is 0 Å². The van der Waals surface area contributed by atoms with Crippen LogP contribution in [0.25, 0.3) is 22.5 Å². The summed E-state index contributed by atoms with van der Waals surface area (Å²) in [5, 5.41) is 8.36. The van der Waals surface area contributed by atoms with E-state index in [1.54, 1.807) is 41.5 Å². The monoisotopic (exact) mass is 1060 g/mol. The largest absolute Gasteiger partial charge is 0.444 e. The average molecular weight is 1070 g/mol. The molecule has 2 aromatic heterocycles. The summed E-state index contributed by atoms with van der Waals surface area (Å²) in [5.74, 6) is 0.736. The molecule has 6 aromatic rings. The van der Waals surface area contributed by atoms with Crippen LogP contribution in [0.2, 0.25) is 0 Å². The highest BCUT2D eigenvalue weighted by Crippen LogP contribution is 2.40. The molecule has 3 N–H and O–H groups in total. The highest BCUT2D eigenvalue weighted by Gasteiger charge is 2.39. The van der Waals surface area contributed by atoms with E-state index in [0.717, 1.165) is 39.5 Å². The maximum Gasteiger partial charge on any atom is 0.407 e. The Labute approximate surface area is 454 Å². The number of aromatic nitrogens is 4. The smallest absolute Gasteiger partial charge is 0.407 e. The molecule has 76 heavy (non-hydrogen) atoms. The zero-order valence-electron chi connectivity index (χ0n) is 46.4. The average Bonchev–Trinajstić information content (AvgIpc) is 3.95. The van der Waals surface area contributed by atoms with Crippen molar-refractivity contribution >= 4 is 29.7 Å². The number of benzene rings is 4. The lowest BCUT2D eigenvalue weighted by Gasteiger charge is -2.40. The number of hydrogen-bond donors (Lipinski definition) is 3. The van der Waals surface area contributed by atoms with Crippen LogP contribution in [-0.4, -0.2) is 97.7 Å². The minimum absolute atomic E-state index is 0.0661. The highest BCUT2D eigenvalue weighted by molar-refractivity contribution is 6.27. The summed E-state index contributed by atoms with van der Waals surface area (Å²) < 4.78 is 44.8. The number of alkyl halides is 3. The standard InChI is InChI=1S/C31H40ClFN4O3.C29H39FN4O2/c1-30(2,3)27(37(26(38)17-32)20-24(33)18-34-29(39)40-31(4,5)6)28-35-25(23-15-11-8-12-16-23)21-36(28)19-22-13-9-7-10-14-22;1-28(2,3)25(31-17-23(30)18-32-27(35)36-29(4,5)6)26-33-24(22-15-11-8-12-16-22)20-34(26)19-21-13-9-7-10-14-21/h7-16,21,24,27H,17-20H2,1-6H3,(H,34,39);7-16,20,23,25,31H,17-19H2,1-6H3,(H,32,35)/t24-,27+;23-,25-/m10/s1. The lowest BCUT2D eigenvalue weighted by atomic mass is 9.84. The Morgan fingerprint density at radius 1 is 0.566 bits per heavy atom. The molecule has 0 aliphatic carbocycles. The number of carbonyl (C=O) groups is 3. The highest BCUT2D eigenvalue weighted by atomic mass is 35.5. The van der Waals surface area contributed by atoms with Crippen molar-refractivity contribution in [2.45, 2.75) is 132 Å². The Balaban J connectivity index is 0.000000282. The van der Waals surface area contributed by atoms with E-state index in [1.165, 1.54) is 4.90 Å². The number of nitrogens with one attached hydrogen (secondary N) is 3. The molecule has 0 aliphatic rings. The van der Waals surface area contributed by atoms with Gasteiger partial charge in [-0.15, -0.1) is 11.6 Å². The van der Waals surface area contributed by atoms with Crippen LogP contribution in [0, 0.1) is 10.8 Å². The molecule has 0 unspecified atom stereocenters. The predicted molar refractivity (Wildman–Crippen MR) is 300 cm³/mol. The van der Waals surface area contributed by atoms with Crippen LogP contribution in [0.15, 0.2) is 134 Å². The van der Waals surface area contributed by atoms with Gasteiger partial charge in [0.1, 0.15) is 41.1 Å². The maximum absolute atomic E-state index is 15.4. The van der Waals surface area contributed by atoms with Gasteiger partial charge in [-0.25, -0.2) is 28.3 Å². The normalized spacial score (nSPS) is 13.6. The lowest BCUT2D eigenvalue weighted by Crippen LogP contribution is -2.48. The van der Waals surface area contributed by atoms with E-state index in [2.05, 4.69) is 59.6 Å². The van der Waals surface area contributed by atoms with Crippen LogP contribution < -0.4 is 16.0 Å². The van der Waals surface area contributed by atoms with E-state index in [-0.39, 0.29) is 43.5 Å². The number of halogens is 3. The molecule has 0 aliphatic heterocycles. The molecule has 0 saturated carbocycles. The second kappa shape index (κ2) is 27.0. The minimum atomic E-state index is -1.56. The van der Waals surface area contributed by atoms with E-state index in [0.29, 0.717) is 18.9 Å². The van der Waals surface area contributed by atoms with Gasteiger partial charge in [0.15, 0.2) is 0 Å². The molecule has 13 nitrogen and oxygen atoms in total. The van der Waals surface area contributed by atoms with Crippen molar-refractivity contribution in [1.29, 1.82) is 0 Å². The van der Waals surface area contributed by atoms with Crippen LogP contribution >= 0.6 is 11.6 Å². The summed E-state index contributed by atoms with van der Waals surface area (Å²) in [7, 11) is 0. The molecule has 0 radical (unpaired) electrons. The first-order chi connectivity index (χ1) is 35.7. The topological polar surface area (TPSA) is 145 Å². The third-order valence-electron chi connectivity index (χ3n) is 11.8. The second-order valence-corrected chi connectivity index (χ2v) is 23.3. The molecule has 0 fully saturated rings. The first kappa shape index (κ1) is 60.3. The summed E-state index contributed by atoms with van der Waals surface area (Å²) in [4.78, 5) is 48.7. The Bertz CT molecular complexity index is 2730. The van der Waals surface area contributed by atoms with Gasteiger partial charge in [0.25, 0.3) is 0 Å². The fourth-order valence-electron chi connectivity index (χ4n) is 8.44. The zero-order valence-corrected chi connectivity index (χ0v) is 47.1. The summed E-state index contributed by atoms with van der Waals surface area (Å²) >= 11 is 6.05. The van der Waals surface area contributed by atoms with Gasteiger partial charge in [0, 0.05) is 43.2 Å². The Kier molecular flexibility index (Phi) is 21.4. The van der Waals surface area contributed by atoms with Gasteiger partial charge in [0.2, 0.25) is 5.91 Å². The van der Waals surface area contributed by atoms with Gasteiger partial charge in [-0.3, -0.25) is 4.79 Å². The molecule has 2 heterocycles. The van der Waals surface area contributed by atoms with Gasteiger partial charge in [-0.05, 0) is 63.5 Å². The molecule has 6 rings (SSSR count). The van der Waals surface area contributed by atoms with Gasteiger partial charge in [-0.2, -0.15) is 0 Å². The van der Waals surface area contributed by atoms with E-state index in [1.807, 2.05) is 141 Å². The molecule has 410 valence electrons. The molecular formula is C60H79ClF2N8O5. The number of ether oxygens (including phenoxy) is 2. The molecule has 4 atom stereocenters. The summed E-state index contributed by atoms with van der Waals surface area (Å²) in [6.45, 7) is 23.3. The van der Waals surface area contributed by atoms with Crippen molar-refractivity contribution in [2.24, 2.45) is 10.8 Å². The van der Waals surface area contributed by atoms with Crippen LogP contribution in [0.4, 0.5) is 18.4 Å². The first-order valence-electron chi connectivity index (χ1n) is 25.8. The van der Waals surface area contributed by atoms with E-state index >= 15 is 4.39 Å². The fraction of sp³-hybridized carbons (Fsp3) is 0.450. The number of hydrogen-bond acceptors (Lipinski definition) is 8. The molecule has 0 saturated heterocycles. The van der Waals surface area contributed by atoms with Crippen molar-refractivity contribution in [3.63, 3.8) is 0 Å². The summed E-state index contributed by atoms with van der Waals surface area (Å²) in [5.41, 5.74) is 3.70. The molecule has 16 heteroatoms. The second-order valence-electron chi connectivity index (χ2n) is 23.0. The van der Waals surface area contributed by atoms with Crippen LogP contribution in [0.1, 0.15) is 118 Å². The van der Waals surface area contributed by atoms with E-state index in [4.69, 9.17) is 31.0 Å². The number of rotatable bonds is 19. The maximum atomic E-state index is 15.4. The van der Waals surface area contributed by atoms with Crippen molar-refractivity contribution in [3.8, 4) is 22.5 Å². The van der Waals surface area contributed by atoms with Gasteiger partial charge >= 0.3 is 12.2 Å².